The van der Waals surface area contributed by atoms with Crippen molar-refractivity contribution in [2.45, 2.75) is 52.7 Å². The molecule has 1 saturated heterocycles. The summed E-state index contributed by atoms with van der Waals surface area (Å²) in [5.74, 6) is 0.516. The second-order valence-corrected chi connectivity index (χ2v) is 9.02. The fourth-order valence-electron chi connectivity index (χ4n) is 3.98. The maximum absolute atomic E-state index is 12.8. The average Bonchev–Trinajstić information content (AvgIpc) is 3.00. The van der Waals surface area contributed by atoms with Gasteiger partial charge in [-0.25, -0.2) is 4.79 Å². The number of fused-ring (bicyclic) bond motifs is 1. The number of aryl methyl sites for hydroxylation is 1. The third-order valence-corrected chi connectivity index (χ3v) is 5.19. The van der Waals surface area contributed by atoms with Gasteiger partial charge in [-0.05, 0) is 65.0 Å². The first-order valence-corrected chi connectivity index (χ1v) is 9.21. The van der Waals surface area contributed by atoms with Crippen LogP contribution >= 0.6 is 0 Å². The standard InChI is InChI=1S/C20H29N3O3/c1-12-8-7-9-21-16(12)20(5,6)22-17(24)15-13-10-23(11-14(13)15)18(25)26-19(2,3)4/h7-9,13-15H,10-11H2,1-6H3,(H,22,24). The number of nitrogens with one attached hydrogen (secondary N) is 1. The summed E-state index contributed by atoms with van der Waals surface area (Å²) >= 11 is 0. The van der Waals surface area contributed by atoms with E-state index in [1.807, 2.05) is 53.7 Å². The summed E-state index contributed by atoms with van der Waals surface area (Å²) in [4.78, 5) is 31.1. The Morgan fingerprint density at radius 2 is 1.81 bits per heavy atom. The van der Waals surface area contributed by atoms with E-state index < -0.39 is 11.1 Å². The van der Waals surface area contributed by atoms with Gasteiger partial charge in [0.2, 0.25) is 5.91 Å². The number of hydrogen-bond acceptors (Lipinski definition) is 4. The highest BCUT2D eigenvalue weighted by Gasteiger charge is 2.61. The van der Waals surface area contributed by atoms with Gasteiger partial charge in [0.15, 0.2) is 0 Å². The van der Waals surface area contributed by atoms with Crippen LogP contribution in [0.2, 0.25) is 0 Å². The van der Waals surface area contributed by atoms with Gasteiger partial charge in [-0.1, -0.05) is 6.07 Å². The van der Waals surface area contributed by atoms with Crippen LogP contribution < -0.4 is 5.32 Å². The molecule has 2 amide bonds. The Morgan fingerprint density at radius 3 is 2.35 bits per heavy atom. The van der Waals surface area contributed by atoms with E-state index in [0.717, 1.165) is 11.3 Å². The summed E-state index contributed by atoms with van der Waals surface area (Å²) < 4.78 is 5.42. The van der Waals surface area contributed by atoms with E-state index in [-0.39, 0.29) is 29.8 Å². The van der Waals surface area contributed by atoms with Gasteiger partial charge in [0.25, 0.3) is 0 Å². The van der Waals surface area contributed by atoms with Gasteiger partial charge in [0, 0.05) is 25.2 Å². The Bertz CT molecular complexity index is 711. The van der Waals surface area contributed by atoms with Crippen molar-refractivity contribution in [3.05, 3.63) is 29.6 Å². The van der Waals surface area contributed by atoms with E-state index >= 15 is 0 Å². The predicted octanol–water partition coefficient (Wildman–Crippen LogP) is 2.85. The molecule has 1 aliphatic heterocycles. The lowest BCUT2D eigenvalue weighted by atomic mass is 9.95. The lowest BCUT2D eigenvalue weighted by Crippen LogP contribution is -2.44. The number of amides is 2. The van der Waals surface area contributed by atoms with Crippen molar-refractivity contribution in [1.29, 1.82) is 0 Å². The van der Waals surface area contributed by atoms with Crippen LogP contribution in [-0.2, 0) is 15.1 Å². The van der Waals surface area contributed by atoms with Crippen LogP contribution in [0.3, 0.4) is 0 Å². The van der Waals surface area contributed by atoms with Crippen molar-refractivity contribution in [3.8, 4) is 0 Å². The van der Waals surface area contributed by atoms with E-state index in [9.17, 15) is 9.59 Å². The Morgan fingerprint density at radius 1 is 1.19 bits per heavy atom. The normalized spacial score (nSPS) is 24.8. The van der Waals surface area contributed by atoms with Gasteiger partial charge in [-0.3, -0.25) is 9.78 Å². The van der Waals surface area contributed by atoms with Gasteiger partial charge in [-0.15, -0.1) is 0 Å². The molecule has 0 bridgehead atoms. The zero-order chi connectivity index (χ0) is 19.3. The van der Waals surface area contributed by atoms with E-state index in [4.69, 9.17) is 4.74 Å². The molecule has 2 atom stereocenters. The maximum atomic E-state index is 12.8. The zero-order valence-electron chi connectivity index (χ0n) is 16.5. The molecule has 1 aromatic heterocycles. The number of carbonyl (C=O) groups excluding carboxylic acids is 2. The van der Waals surface area contributed by atoms with Gasteiger partial charge in [-0.2, -0.15) is 0 Å². The van der Waals surface area contributed by atoms with Crippen LogP contribution in [0, 0.1) is 24.7 Å². The monoisotopic (exact) mass is 359 g/mol. The molecule has 26 heavy (non-hydrogen) atoms. The van der Waals surface area contributed by atoms with Crippen LogP contribution in [0.25, 0.3) is 0 Å². The third-order valence-electron chi connectivity index (χ3n) is 5.19. The Labute approximate surface area is 155 Å². The van der Waals surface area contributed by atoms with Crippen molar-refractivity contribution in [2.24, 2.45) is 17.8 Å². The van der Waals surface area contributed by atoms with Crippen LogP contribution in [0.1, 0.15) is 45.9 Å². The molecule has 2 fully saturated rings. The van der Waals surface area contributed by atoms with E-state index in [0.29, 0.717) is 13.1 Å². The van der Waals surface area contributed by atoms with Crippen LogP contribution in [0.15, 0.2) is 18.3 Å². The fraction of sp³-hybridized carbons (Fsp3) is 0.650. The second kappa shape index (κ2) is 6.25. The molecule has 2 aliphatic rings. The number of hydrogen-bond donors (Lipinski definition) is 1. The highest BCUT2D eigenvalue weighted by molar-refractivity contribution is 5.84. The first-order chi connectivity index (χ1) is 12.0. The molecule has 0 radical (unpaired) electrons. The Hall–Kier alpha value is -2.11. The molecule has 0 aromatic carbocycles. The SMILES string of the molecule is Cc1cccnc1C(C)(C)NC(=O)C1C2CN(C(=O)OC(C)(C)C)CC21. The molecule has 6 nitrogen and oxygen atoms in total. The van der Waals surface area contributed by atoms with Gasteiger partial charge >= 0.3 is 6.09 Å². The van der Waals surface area contributed by atoms with E-state index in [1.54, 1.807) is 11.1 Å². The second-order valence-electron chi connectivity index (χ2n) is 9.02. The lowest BCUT2D eigenvalue weighted by molar-refractivity contribution is -0.125. The summed E-state index contributed by atoms with van der Waals surface area (Å²) in [6.07, 6.45) is 1.47. The minimum absolute atomic E-state index is 0.0167. The highest BCUT2D eigenvalue weighted by Crippen LogP contribution is 2.52. The van der Waals surface area contributed by atoms with Crippen molar-refractivity contribution < 1.29 is 14.3 Å². The predicted molar refractivity (Wildman–Crippen MR) is 98.4 cm³/mol. The van der Waals surface area contributed by atoms with Gasteiger partial charge in [0.1, 0.15) is 5.60 Å². The van der Waals surface area contributed by atoms with Crippen molar-refractivity contribution >= 4 is 12.0 Å². The van der Waals surface area contributed by atoms with Crippen LogP contribution in [-0.4, -0.2) is 40.6 Å². The van der Waals surface area contributed by atoms with E-state index in [2.05, 4.69) is 10.3 Å². The molecule has 3 rings (SSSR count). The molecular formula is C20H29N3O3. The Kier molecular flexibility index (Phi) is 4.49. The molecular weight excluding hydrogens is 330 g/mol. The first kappa shape index (κ1) is 18.7. The molecule has 1 aromatic rings. The summed E-state index contributed by atoms with van der Waals surface area (Å²) in [7, 11) is 0. The summed E-state index contributed by atoms with van der Waals surface area (Å²) in [5, 5.41) is 3.15. The molecule has 1 N–H and O–H groups in total. The lowest BCUT2D eigenvalue weighted by Gasteiger charge is -2.28. The number of piperidine rings is 1. The summed E-state index contributed by atoms with van der Waals surface area (Å²) in [6.45, 7) is 12.7. The molecule has 6 heteroatoms. The topological polar surface area (TPSA) is 71.5 Å². The van der Waals surface area contributed by atoms with Crippen molar-refractivity contribution in [2.75, 3.05) is 13.1 Å². The smallest absolute Gasteiger partial charge is 0.410 e. The third kappa shape index (κ3) is 3.69. The van der Waals surface area contributed by atoms with E-state index in [1.165, 1.54) is 0 Å². The van der Waals surface area contributed by atoms with Crippen molar-refractivity contribution in [1.82, 2.24) is 15.2 Å². The largest absolute Gasteiger partial charge is 0.444 e. The van der Waals surface area contributed by atoms with Crippen LogP contribution in [0.5, 0.6) is 0 Å². The number of nitrogens with zero attached hydrogens (tertiary/aromatic N) is 2. The van der Waals surface area contributed by atoms with Crippen molar-refractivity contribution in [3.63, 3.8) is 0 Å². The number of ether oxygens (including phenoxy) is 1. The minimum atomic E-state index is -0.524. The molecule has 2 heterocycles. The van der Waals surface area contributed by atoms with Gasteiger partial charge < -0.3 is 15.0 Å². The average molecular weight is 359 g/mol. The summed E-state index contributed by atoms with van der Waals surface area (Å²) in [5.41, 5.74) is 0.925. The Balaban J connectivity index is 1.57. The summed E-state index contributed by atoms with van der Waals surface area (Å²) in [6, 6.07) is 3.90. The molecule has 1 saturated carbocycles. The number of rotatable bonds is 3. The fourth-order valence-corrected chi connectivity index (χ4v) is 3.98. The number of likely N-dealkylation sites (tertiary alicyclic amines) is 1. The molecule has 1 aliphatic carbocycles. The molecule has 2 unspecified atom stereocenters. The molecule has 0 spiro atoms. The highest BCUT2D eigenvalue weighted by atomic mass is 16.6. The van der Waals surface area contributed by atoms with Crippen LogP contribution in [0.4, 0.5) is 4.79 Å². The quantitative estimate of drug-likeness (QED) is 0.901. The number of aromatic nitrogens is 1. The number of carbonyl (C=O) groups is 2. The maximum Gasteiger partial charge on any atom is 0.410 e. The minimum Gasteiger partial charge on any atom is -0.444 e. The zero-order valence-corrected chi connectivity index (χ0v) is 16.5. The first-order valence-electron chi connectivity index (χ1n) is 9.21. The number of pyridine rings is 1. The van der Waals surface area contributed by atoms with Gasteiger partial charge in [0.05, 0.1) is 11.2 Å². The molecule has 142 valence electrons.